The van der Waals surface area contributed by atoms with Gasteiger partial charge in [0.15, 0.2) is 0 Å². The van der Waals surface area contributed by atoms with E-state index in [-0.39, 0.29) is 36.5 Å². The number of hydrogen-bond acceptors (Lipinski definition) is 5. The Morgan fingerprint density at radius 2 is 1.97 bits per heavy atom. The molecule has 0 aromatic heterocycles. The summed E-state index contributed by atoms with van der Waals surface area (Å²) >= 11 is 0. The van der Waals surface area contributed by atoms with Gasteiger partial charge in [0.05, 0.1) is 17.9 Å². The number of likely N-dealkylation sites (N-methyl/N-ethyl adjacent to an activating group) is 1. The van der Waals surface area contributed by atoms with Gasteiger partial charge in [0, 0.05) is 39.3 Å². The molecule has 6 atom stereocenters. The van der Waals surface area contributed by atoms with E-state index >= 15 is 0 Å². The number of aliphatic hydroxyl groups excluding tert-OH is 1. The van der Waals surface area contributed by atoms with E-state index in [1.165, 1.54) is 0 Å². The molecule has 3 fully saturated rings. The maximum atomic E-state index is 14.1. The summed E-state index contributed by atoms with van der Waals surface area (Å²) in [5.41, 5.74) is -0.987. The molecule has 3 heterocycles. The molecule has 0 aromatic carbocycles. The summed E-state index contributed by atoms with van der Waals surface area (Å²) in [5.74, 6) is -1.69. The van der Waals surface area contributed by atoms with Gasteiger partial charge >= 0.3 is 0 Å². The van der Waals surface area contributed by atoms with E-state index < -0.39 is 23.5 Å². The van der Waals surface area contributed by atoms with Gasteiger partial charge in [-0.1, -0.05) is 25.5 Å². The van der Waals surface area contributed by atoms with Crippen LogP contribution in [0.2, 0.25) is 0 Å². The average Bonchev–Trinajstić information content (AvgIpc) is 3.44. The van der Waals surface area contributed by atoms with Gasteiger partial charge in [-0.15, -0.1) is 13.2 Å². The number of carbonyl (C=O) groups is 3. The lowest BCUT2D eigenvalue weighted by atomic mass is 9.70. The molecule has 3 amide bonds. The van der Waals surface area contributed by atoms with Crippen molar-refractivity contribution in [2.45, 2.75) is 76.2 Å². The molecular weight excluding hydrogens is 434 g/mol. The molecule has 0 saturated carbocycles. The van der Waals surface area contributed by atoms with Crippen molar-refractivity contribution in [3.63, 3.8) is 0 Å². The van der Waals surface area contributed by atoms with Gasteiger partial charge in [0.1, 0.15) is 11.6 Å². The molecule has 0 aromatic rings. The number of hydrogen-bond donors (Lipinski definition) is 1. The van der Waals surface area contributed by atoms with Gasteiger partial charge in [-0.2, -0.15) is 0 Å². The first-order valence-electron chi connectivity index (χ1n) is 12.6. The quantitative estimate of drug-likeness (QED) is 0.325. The summed E-state index contributed by atoms with van der Waals surface area (Å²) in [7, 11) is 1.71. The highest BCUT2D eigenvalue weighted by Gasteiger charge is 2.74. The highest BCUT2D eigenvalue weighted by atomic mass is 16.5. The number of likely N-dealkylation sites (tertiary alicyclic amines) is 1. The Bertz CT molecular complexity index is 801. The number of nitrogens with zero attached hydrogens (tertiary/aromatic N) is 3. The molecule has 3 unspecified atom stereocenters. The van der Waals surface area contributed by atoms with Crippen molar-refractivity contribution in [2.75, 3.05) is 33.3 Å². The number of rotatable bonds is 13. The van der Waals surface area contributed by atoms with Crippen LogP contribution in [0.5, 0.6) is 0 Å². The molecule has 2 bridgehead atoms. The van der Waals surface area contributed by atoms with E-state index in [9.17, 15) is 19.5 Å². The predicted octanol–water partition coefficient (Wildman–Crippen LogP) is 1.98. The number of fused-ring (bicyclic) bond motifs is 1. The lowest BCUT2D eigenvalue weighted by Crippen LogP contribution is -2.58. The second-order valence-electron chi connectivity index (χ2n) is 9.94. The van der Waals surface area contributed by atoms with Gasteiger partial charge in [-0.05, 0) is 39.0 Å². The molecule has 190 valence electrons. The number of ether oxygens (including phenoxy) is 1. The minimum Gasteiger partial charge on any atom is -0.396 e. The fraction of sp³-hybridized carbons (Fsp3) is 0.731. The van der Waals surface area contributed by atoms with E-state index in [1.54, 1.807) is 33.9 Å². The zero-order valence-electron chi connectivity index (χ0n) is 20.9. The Kier molecular flexibility index (Phi) is 8.57. The molecule has 0 radical (unpaired) electrons. The van der Waals surface area contributed by atoms with Gasteiger partial charge in [-0.3, -0.25) is 14.4 Å². The summed E-state index contributed by atoms with van der Waals surface area (Å²) in [5, 5.41) is 9.29. The van der Waals surface area contributed by atoms with Crippen LogP contribution in [0.4, 0.5) is 0 Å². The first-order valence-corrected chi connectivity index (χ1v) is 12.6. The van der Waals surface area contributed by atoms with Gasteiger partial charge in [-0.25, -0.2) is 0 Å². The minimum absolute atomic E-state index is 0.00454. The van der Waals surface area contributed by atoms with Crippen molar-refractivity contribution < 1.29 is 24.2 Å². The van der Waals surface area contributed by atoms with E-state index in [0.29, 0.717) is 45.3 Å². The van der Waals surface area contributed by atoms with E-state index in [1.807, 2.05) is 6.92 Å². The lowest BCUT2D eigenvalue weighted by Gasteiger charge is -2.39. The van der Waals surface area contributed by atoms with Crippen LogP contribution in [0.25, 0.3) is 0 Å². The second-order valence-corrected chi connectivity index (χ2v) is 9.94. The van der Waals surface area contributed by atoms with Crippen molar-refractivity contribution in [3.8, 4) is 0 Å². The van der Waals surface area contributed by atoms with Crippen molar-refractivity contribution >= 4 is 17.7 Å². The molecule has 3 aliphatic rings. The van der Waals surface area contributed by atoms with E-state index in [4.69, 9.17) is 4.74 Å². The fourth-order valence-corrected chi connectivity index (χ4v) is 6.24. The number of aliphatic hydroxyl groups is 1. The fourth-order valence-electron chi connectivity index (χ4n) is 6.24. The Balaban J connectivity index is 2.00. The van der Waals surface area contributed by atoms with Crippen molar-refractivity contribution in [1.29, 1.82) is 0 Å². The Morgan fingerprint density at radius 1 is 1.26 bits per heavy atom. The van der Waals surface area contributed by atoms with Crippen LogP contribution < -0.4 is 0 Å². The highest BCUT2D eigenvalue weighted by molar-refractivity contribution is 5.99. The van der Waals surface area contributed by atoms with Crippen LogP contribution >= 0.6 is 0 Å². The zero-order chi connectivity index (χ0) is 25.0. The molecule has 3 aliphatic heterocycles. The smallest absolute Gasteiger partial charge is 0.248 e. The zero-order valence-corrected chi connectivity index (χ0v) is 20.9. The molecule has 8 nitrogen and oxygen atoms in total. The molecule has 0 aliphatic carbocycles. The third-order valence-electron chi connectivity index (χ3n) is 7.75. The van der Waals surface area contributed by atoms with Crippen molar-refractivity contribution in [2.24, 2.45) is 11.8 Å². The largest absolute Gasteiger partial charge is 0.396 e. The Morgan fingerprint density at radius 3 is 2.59 bits per heavy atom. The lowest BCUT2D eigenvalue weighted by molar-refractivity contribution is -0.150. The first-order chi connectivity index (χ1) is 16.3. The molecule has 1 spiro atoms. The van der Waals surface area contributed by atoms with Crippen LogP contribution in [0.15, 0.2) is 25.3 Å². The second kappa shape index (κ2) is 11.0. The summed E-state index contributed by atoms with van der Waals surface area (Å²) in [6.07, 6.45) is 7.16. The molecule has 3 saturated heterocycles. The number of amides is 3. The third-order valence-corrected chi connectivity index (χ3v) is 7.75. The minimum atomic E-state index is -0.987. The first kappa shape index (κ1) is 26.4. The Labute approximate surface area is 203 Å². The van der Waals surface area contributed by atoms with Crippen LogP contribution in [-0.2, 0) is 19.1 Å². The van der Waals surface area contributed by atoms with E-state index in [0.717, 1.165) is 12.8 Å². The monoisotopic (exact) mass is 475 g/mol. The highest BCUT2D eigenvalue weighted by Crippen LogP contribution is 2.59. The summed E-state index contributed by atoms with van der Waals surface area (Å²) in [4.78, 5) is 46.4. The number of carbonyl (C=O) groups excluding carboxylic acids is 3. The summed E-state index contributed by atoms with van der Waals surface area (Å²) < 4.78 is 6.50. The van der Waals surface area contributed by atoms with Gasteiger partial charge in [0.25, 0.3) is 0 Å². The Hall–Kier alpha value is -2.19. The molecule has 1 N–H and O–H groups in total. The predicted molar refractivity (Wildman–Crippen MR) is 130 cm³/mol. The third kappa shape index (κ3) is 4.42. The van der Waals surface area contributed by atoms with Crippen LogP contribution in [0.3, 0.4) is 0 Å². The topological polar surface area (TPSA) is 90.4 Å². The summed E-state index contributed by atoms with van der Waals surface area (Å²) in [6.45, 7) is 12.8. The molecule has 8 heteroatoms. The van der Waals surface area contributed by atoms with Gasteiger partial charge < -0.3 is 24.5 Å². The van der Waals surface area contributed by atoms with Gasteiger partial charge in [0.2, 0.25) is 17.7 Å². The maximum absolute atomic E-state index is 14.1. The van der Waals surface area contributed by atoms with Crippen molar-refractivity contribution in [1.82, 2.24) is 14.7 Å². The molecule has 3 rings (SSSR count). The molecule has 34 heavy (non-hydrogen) atoms. The van der Waals surface area contributed by atoms with Crippen LogP contribution in [0, 0.1) is 11.8 Å². The average molecular weight is 476 g/mol. The SMILES string of the molecule is C=CCN(C)C(=O)[C@@H]1[C@@H]2CCC3(O2)C(C(=O)N(CC=C)C(C)CCC)N(CCCCO)C(=O)[C@H]13. The molecular formula is C26H41N3O5. The van der Waals surface area contributed by atoms with Crippen molar-refractivity contribution in [3.05, 3.63) is 25.3 Å². The maximum Gasteiger partial charge on any atom is 0.248 e. The normalized spacial score (nSPS) is 30.2. The van der Waals surface area contributed by atoms with Crippen LogP contribution in [0.1, 0.15) is 52.4 Å². The van der Waals surface area contributed by atoms with E-state index in [2.05, 4.69) is 20.1 Å². The standard InChI is InChI=1S/C26H41N3O5/c1-6-11-18(4)28(15-8-3)25(33)22-26-13-12-19(34-26)20(23(31)27(5)14-7-2)21(26)24(32)29(22)16-9-10-17-30/h7-8,18-22,30H,2-3,6,9-17H2,1,4-5H3/t18?,19-,20+,21-,22?,26?/m0/s1. The van der Waals surface area contributed by atoms with Crippen LogP contribution in [-0.4, -0.2) is 94.6 Å². The summed E-state index contributed by atoms with van der Waals surface area (Å²) in [6, 6.07) is -0.773. The number of unbranched alkanes of at least 4 members (excludes halogenated alkanes) is 1.